The molecule has 0 saturated heterocycles. The fourth-order valence-corrected chi connectivity index (χ4v) is 2.04. The molecule has 0 aromatic carbocycles. The second-order valence-corrected chi connectivity index (χ2v) is 4.59. The maximum Gasteiger partial charge on any atom is 0.317 e. The second kappa shape index (κ2) is 4.74. The summed E-state index contributed by atoms with van der Waals surface area (Å²) in [6.45, 7) is 0. The van der Waals surface area contributed by atoms with Crippen molar-refractivity contribution in [2.75, 3.05) is 14.1 Å². The van der Waals surface area contributed by atoms with Gasteiger partial charge in [0.15, 0.2) is 0 Å². The number of thiol groups is 1. The first-order chi connectivity index (χ1) is 6.09. The average molecular weight is 202 g/mol. The highest BCUT2D eigenvalue weighted by molar-refractivity contribution is 7.80. The summed E-state index contributed by atoms with van der Waals surface area (Å²) in [5, 5.41) is 3.45. The van der Waals surface area contributed by atoms with Crippen molar-refractivity contribution in [3.8, 4) is 0 Å². The van der Waals surface area contributed by atoms with E-state index >= 15 is 0 Å². The lowest BCUT2D eigenvalue weighted by Crippen LogP contribution is -2.43. The van der Waals surface area contributed by atoms with E-state index in [1.165, 1.54) is 12.8 Å². The Kier molecular flexibility index (Phi) is 3.90. The third-order valence-electron chi connectivity index (χ3n) is 2.38. The van der Waals surface area contributed by atoms with E-state index in [9.17, 15) is 4.79 Å². The summed E-state index contributed by atoms with van der Waals surface area (Å²) in [5.41, 5.74) is 0. The number of carbonyl (C=O) groups is 1. The van der Waals surface area contributed by atoms with Crippen LogP contribution in [0.5, 0.6) is 0 Å². The zero-order chi connectivity index (χ0) is 9.84. The van der Waals surface area contributed by atoms with E-state index in [1.807, 2.05) is 0 Å². The van der Waals surface area contributed by atoms with Crippen molar-refractivity contribution in [1.82, 2.24) is 10.2 Å². The molecule has 0 aliphatic heterocycles. The number of hydrogen-bond donors (Lipinski definition) is 2. The van der Waals surface area contributed by atoms with Crippen molar-refractivity contribution in [3.63, 3.8) is 0 Å². The minimum Gasteiger partial charge on any atom is -0.335 e. The smallest absolute Gasteiger partial charge is 0.317 e. The van der Waals surface area contributed by atoms with Crippen LogP contribution in [0.3, 0.4) is 0 Å². The fraction of sp³-hybridized carbons (Fsp3) is 0.889. The number of hydrogen-bond acceptors (Lipinski definition) is 2. The largest absolute Gasteiger partial charge is 0.335 e. The van der Waals surface area contributed by atoms with Gasteiger partial charge in [0, 0.05) is 25.4 Å². The first-order valence-electron chi connectivity index (χ1n) is 4.75. The number of nitrogens with zero attached hydrogens (tertiary/aromatic N) is 1. The van der Waals surface area contributed by atoms with Crippen LogP contribution in [-0.4, -0.2) is 36.3 Å². The molecule has 2 atom stereocenters. The summed E-state index contributed by atoms with van der Waals surface area (Å²) in [4.78, 5) is 12.9. The van der Waals surface area contributed by atoms with Crippen LogP contribution in [0.1, 0.15) is 25.7 Å². The molecule has 4 heteroatoms. The number of nitrogens with one attached hydrogen (secondary N) is 1. The number of amides is 2. The van der Waals surface area contributed by atoms with Crippen LogP contribution in [0.15, 0.2) is 0 Å². The SMILES string of the molecule is CN(C)C(=O)N[C@@H]1CCC[C@H](S)C1. The maximum absolute atomic E-state index is 11.3. The maximum atomic E-state index is 11.3. The lowest BCUT2D eigenvalue weighted by atomic mass is 9.95. The van der Waals surface area contributed by atoms with Gasteiger partial charge in [-0.05, 0) is 19.3 Å². The second-order valence-electron chi connectivity index (χ2n) is 3.86. The molecule has 1 saturated carbocycles. The van der Waals surface area contributed by atoms with Crippen molar-refractivity contribution in [1.29, 1.82) is 0 Å². The lowest BCUT2D eigenvalue weighted by Gasteiger charge is -2.28. The van der Waals surface area contributed by atoms with Crippen molar-refractivity contribution in [2.45, 2.75) is 37.0 Å². The van der Waals surface area contributed by atoms with Gasteiger partial charge in [-0.1, -0.05) is 6.42 Å². The highest BCUT2D eigenvalue weighted by atomic mass is 32.1. The molecule has 0 spiro atoms. The van der Waals surface area contributed by atoms with Crippen LogP contribution in [0.2, 0.25) is 0 Å². The number of urea groups is 1. The lowest BCUT2D eigenvalue weighted by molar-refractivity contribution is 0.209. The molecule has 2 amide bonds. The normalized spacial score (nSPS) is 28.2. The van der Waals surface area contributed by atoms with Gasteiger partial charge in [-0.25, -0.2) is 4.79 Å². The van der Waals surface area contributed by atoms with Gasteiger partial charge in [0.25, 0.3) is 0 Å². The van der Waals surface area contributed by atoms with Crippen LogP contribution in [0.25, 0.3) is 0 Å². The molecule has 1 rings (SSSR count). The predicted molar refractivity (Wildman–Crippen MR) is 57.2 cm³/mol. The molecule has 0 aromatic heterocycles. The van der Waals surface area contributed by atoms with Gasteiger partial charge < -0.3 is 10.2 Å². The van der Waals surface area contributed by atoms with Crippen LogP contribution in [0.4, 0.5) is 4.79 Å². The Hall–Kier alpha value is -0.380. The van der Waals surface area contributed by atoms with Gasteiger partial charge in [-0.3, -0.25) is 0 Å². The van der Waals surface area contributed by atoms with Crippen LogP contribution >= 0.6 is 12.6 Å². The Balaban J connectivity index is 2.31. The van der Waals surface area contributed by atoms with E-state index in [1.54, 1.807) is 19.0 Å². The molecule has 3 nitrogen and oxygen atoms in total. The highest BCUT2D eigenvalue weighted by Gasteiger charge is 2.21. The Morgan fingerprint density at radius 2 is 2.15 bits per heavy atom. The van der Waals surface area contributed by atoms with Crippen LogP contribution < -0.4 is 5.32 Å². The third-order valence-corrected chi connectivity index (χ3v) is 2.85. The van der Waals surface area contributed by atoms with Gasteiger partial charge in [0.1, 0.15) is 0 Å². The van der Waals surface area contributed by atoms with Crippen molar-refractivity contribution >= 4 is 18.7 Å². The minimum absolute atomic E-state index is 0.00688. The van der Waals surface area contributed by atoms with Crippen molar-refractivity contribution in [3.05, 3.63) is 0 Å². The van der Waals surface area contributed by atoms with Crippen molar-refractivity contribution in [2.24, 2.45) is 0 Å². The molecule has 1 aliphatic rings. The molecular weight excluding hydrogens is 184 g/mol. The Labute approximate surface area is 85.3 Å². The molecule has 76 valence electrons. The van der Waals surface area contributed by atoms with Gasteiger partial charge >= 0.3 is 6.03 Å². The molecule has 13 heavy (non-hydrogen) atoms. The summed E-state index contributed by atoms with van der Waals surface area (Å²) >= 11 is 4.43. The monoisotopic (exact) mass is 202 g/mol. The summed E-state index contributed by atoms with van der Waals surface area (Å²) in [6, 6.07) is 0.332. The molecule has 0 aromatic rings. The van der Waals surface area contributed by atoms with Gasteiger partial charge in [0.05, 0.1) is 0 Å². The summed E-state index contributed by atoms with van der Waals surface area (Å²) in [7, 11) is 3.52. The first-order valence-corrected chi connectivity index (χ1v) is 5.27. The molecule has 0 radical (unpaired) electrons. The van der Waals surface area contributed by atoms with E-state index in [4.69, 9.17) is 0 Å². The molecule has 1 fully saturated rings. The summed E-state index contributed by atoms with van der Waals surface area (Å²) in [5.74, 6) is 0. The Morgan fingerprint density at radius 3 is 2.69 bits per heavy atom. The third kappa shape index (κ3) is 3.46. The van der Waals surface area contributed by atoms with Gasteiger partial charge in [-0.2, -0.15) is 12.6 Å². The molecule has 0 bridgehead atoms. The minimum atomic E-state index is 0.00688. The fourth-order valence-electron chi connectivity index (χ4n) is 1.60. The summed E-state index contributed by atoms with van der Waals surface area (Å²) in [6.07, 6.45) is 4.45. The van der Waals surface area contributed by atoms with Crippen LogP contribution in [0, 0.1) is 0 Å². The van der Waals surface area contributed by atoms with Gasteiger partial charge in [0.2, 0.25) is 0 Å². The Bertz CT molecular complexity index is 184. The van der Waals surface area contributed by atoms with E-state index in [0.717, 1.165) is 12.8 Å². The van der Waals surface area contributed by atoms with E-state index in [2.05, 4.69) is 17.9 Å². The number of rotatable bonds is 1. The zero-order valence-corrected chi connectivity index (χ0v) is 9.18. The zero-order valence-electron chi connectivity index (χ0n) is 8.29. The molecule has 1 aliphatic carbocycles. The van der Waals surface area contributed by atoms with Gasteiger partial charge in [-0.15, -0.1) is 0 Å². The number of carbonyl (C=O) groups excluding carboxylic acids is 1. The van der Waals surface area contributed by atoms with E-state index in [-0.39, 0.29) is 6.03 Å². The van der Waals surface area contributed by atoms with Crippen molar-refractivity contribution < 1.29 is 4.79 Å². The predicted octanol–water partition coefficient (Wildman–Crippen LogP) is 1.50. The quantitative estimate of drug-likeness (QED) is 0.621. The molecule has 1 N–H and O–H groups in total. The first kappa shape index (κ1) is 10.7. The molecule has 0 unspecified atom stereocenters. The average Bonchev–Trinajstić information content (AvgIpc) is 2.04. The topological polar surface area (TPSA) is 32.3 Å². The van der Waals surface area contributed by atoms with E-state index in [0.29, 0.717) is 11.3 Å². The summed E-state index contributed by atoms with van der Waals surface area (Å²) < 4.78 is 0. The highest BCUT2D eigenvalue weighted by Crippen LogP contribution is 2.22. The van der Waals surface area contributed by atoms with Crippen LogP contribution in [-0.2, 0) is 0 Å². The molecule has 0 heterocycles. The van der Waals surface area contributed by atoms with E-state index < -0.39 is 0 Å². The molecular formula is C9H18N2OS. The standard InChI is InChI=1S/C9H18N2OS/c1-11(2)9(12)10-7-4-3-5-8(13)6-7/h7-8,13H,3-6H2,1-2H3,(H,10,12)/t7-,8+/m1/s1. The Morgan fingerprint density at radius 1 is 1.46 bits per heavy atom.